The summed E-state index contributed by atoms with van der Waals surface area (Å²) in [6, 6.07) is 12.2. The van der Waals surface area contributed by atoms with Gasteiger partial charge in [-0.25, -0.2) is 8.42 Å². The van der Waals surface area contributed by atoms with Gasteiger partial charge in [-0.15, -0.1) is 0 Å². The second kappa shape index (κ2) is 8.59. The lowest BCUT2D eigenvalue weighted by molar-refractivity contribution is -0.120. The Morgan fingerprint density at radius 3 is 2.50 bits per heavy atom. The van der Waals surface area contributed by atoms with Gasteiger partial charge in [0, 0.05) is 48.8 Å². The molecule has 1 N–H and O–H groups in total. The van der Waals surface area contributed by atoms with Crippen LogP contribution in [0.5, 0.6) is 0 Å². The van der Waals surface area contributed by atoms with Gasteiger partial charge in [-0.1, -0.05) is 11.6 Å². The summed E-state index contributed by atoms with van der Waals surface area (Å²) >= 11 is 6.14. The lowest BCUT2D eigenvalue weighted by atomic mass is 9.97. The average Bonchev–Trinajstić information content (AvgIpc) is 3.30. The molecule has 0 aliphatic carbocycles. The Morgan fingerprint density at radius 1 is 1.10 bits per heavy atom. The fraction of sp³-hybridized carbons (Fsp3) is 0.238. The minimum Gasteiger partial charge on any atom is -0.324 e. The third-order valence-electron chi connectivity index (χ3n) is 5.20. The summed E-state index contributed by atoms with van der Waals surface area (Å²) in [5, 5.41) is 3.56. The number of pyridine rings is 1. The maximum absolute atomic E-state index is 12.9. The zero-order valence-corrected chi connectivity index (χ0v) is 17.7. The quantitative estimate of drug-likeness (QED) is 0.652. The smallest absolute Gasteiger partial charge is 0.244 e. The van der Waals surface area contributed by atoms with Crippen molar-refractivity contribution in [3.8, 4) is 5.69 Å². The minimum atomic E-state index is -3.59. The number of hydrogen-bond acceptors (Lipinski definition) is 4. The van der Waals surface area contributed by atoms with Crippen LogP contribution < -0.4 is 5.32 Å². The monoisotopic (exact) mass is 444 g/mol. The van der Waals surface area contributed by atoms with Gasteiger partial charge >= 0.3 is 0 Å². The molecule has 1 aliphatic heterocycles. The van der Waals surface area contributed by atoms with Crippen LogP contribution in [0.4, 0.5) is 5.69 Å². The summed E-state index contributed by atoms with van der Waals surface area (Å²) in [7, 11) is -3.59. The SMILES string of the molecule is O=C(Nc1ccc(Cl)cc1-n1cccc1)C1CCN(S(=O)(=O)c2cccnc2)CC1. The number of sulfonamides is 1. The number of nitrogens with zero attached hydrogens (tertiary/aromatic N) is 3. The number of amides is 1. The number of piperidine rings is 1. The normalized spacial score (nSPS) is 15.8. The van der Waals surface area contributed by atoms with Crippen LogP contribution in [0.3, 0.4) is 0 Å². The molecule has 0 bridgehead atoms. The maximum atomic E-state index is 12.9. The summed E-state index contributed by atoms with van der Waals surface area (Å²) in [4.78, 5) is 16.9. The van der Waals surface area contributed by atoms with Crippen LogP contribution in [0, 0.1) is 5.92 Å². The van der Waals surface area contributed by atoms with Gasteiger partial charge in [-0.05, 0) is 55.3 Å². The van der Waals surface area contributed by atoms with Crippen LogP contribution in [0.15, 0.2) is 72.1 Å². The molecular weight excluding hydrogens is 424 g/mol. The third-order valence-corrected chi connectivity index (χ3v) is 7.31. The summed E-state index contributed by atoms with van der Waals surface area (Å²) in [5.74, 6) is -0.386. The maximum Gasteiger partial charge on any atom is 0.244 e. The molecule has 2 aromatic heterocycles. The summed E-state index contributed by atoms with van der Waals surface area (Å²) in [6.07, 6.45) is 7.55. The molecule has 156 valence electrons. The molecule has 4 rings (SSSR count). The molecule has 9 heteroatoms. The number of nitrogens with one attached hydrogen (secondary N) is 1. The molecule has 0 saturated carbocycles. The first-order valence-electron chi connectivity index (χ1n) is 9.59. The highest BCUT2D eigenvalue weighted by Crippen LogP contribution is 2.28. The van der Waals surface area contributed by atoms with E-state index in [0.717, 1.165) is 5.69 Å². The van der Waals surface area contributed by atoms with Gasteiger partial charge in [-0.3, -0.25) is 9.78 Å². The van der Waals surface area contributed by atoms with E-state index in [1.807, 2.05) is 29.1 Å². The van der Waals surface area contributed by atoms with Crippen molar-refractivity contribution in [3.63, 3.8) is 0 Å². The van der Waals surface area contributed by atoms with E-state index in [9.17, 15) is 13.2 Å². The molecule has 0 radical (unpaired) electrons. The number of benzene rings is 1. The van der Waals surface area contributed by atoms with E-state index in [-0.39, 0.29) is 16.7 Å². The zero-order valence-electron chi connectivity index (χ0n) is 16.1. The molecule has 1 fully saturated rings. The van der Waals surface area contributed by atoms with Crippen molar-refractivity contribution in [2.45, 2.75) is 17.7 Å². The molecule has 0 spiro atoms. The van der Waals surface area contributed by atoms with E-state index in [0.29, 0.717) is 36.6 Å². The van der Waals surface area contributed by atoms with Gasteiger partial charge < -0.3 is 9.88 Å². The molecule has 3 aromatic rings. The Kier molecular flexibility index (Phi) is 5.90. The van der Waals surface area contributed by atoms with Gasteiger partial charge in [0.05, 0.1) is 11.4 Å². The molecule has 0 unspecified atom stereocenters. The van der Waals surface area contributed by atoms with E-state index in [2.05, 4.69) is 10.3 Å². The van der Waals surface area contributed by atoms with Gasteiger partial charge in [0.25, 0.3) is 0 Å². The van der Waals surface area contributed by atoms with Gasteiger partial charge in [-0.2, -0.15) is 4.31 Å². The number of rotatable bonds is 5. The number of hydrogen-bond donors (Lipinski definition) is 1. The first-order chi connectivity index (χ1) is 14.4. The van der Waals surface area contributed by atoms with Crippen LogP contribution in [0.25, 0.3) is 5.69 Å². The zero-order chi connectivity index (χ0) is 21.1. The Bertz CT molecular complexity index is 1130. The molecule has 1 saturated heterocycles. The lowest BCUT2D eigenvalue weighted by Crippen LogP contribution is -2.41. The molecule has 3 heterocycles. The Labute approximate surface area is 180 Å². The standard InChI is InChI=1S/C21H21ClN4O3S/c22-17-5-6-19(20(14-17)25-10-1-2-11-25)24-21(27)16-7-12-26(13-8-16)30(28,29)18-4-3-9-23-15-18/h1-6,9-11,14-16H,7-8,12-13H2,(H,24,27). The molecular formula is C21H21ClN4O3S. The Morgan fingerprint density at radius 2 is 1.83 bits per heavy atom. The second-order valence-corrected chi connectivity index (χ2v) is 9.48. The number of anilines is 1. The van der Waals surface area contributed by atoms with Crippen molar-refractivity contribution in [1.29, 1.82) is 0 Å². The van der Waals surface area contributed by atoms with Crippen LogP contribution in [-0.2, 0) is 14.8 Å². The summed E-state index contributed by atoms with van der Waals surface area (Å²) < 4.78 is 28.8. The number of carbonyl (C=O) groups excluding carboxylic acids is 1. The number of carbonyl (C=O) groups is 1. The predicted molar refractivity (Wildman–Crippen MR) is 115 cm³/mol. The van der Waals surface area contributed by atoms with Crippen molar-refractivity contribution >= 4 is 33.2 Å². The van der Waals surface area contributed by atoms with Crippen LogP contribution in [0.1, 0.15) is 12.8 Å². The molecule has 0 atom stereocenters. The summed E-state index contributed by atoms with van der Waals surface area (Å²) in [6.45, 7) is 0.584. The number of halogens is 1. The van der Waals surface area contributed by atoms with E-state index in [1.54, 1.807) is 24.3 Å². The fourth-order valence-electron chi connectivity index (χ4n) is 3.56. The topological polar surface area (TPSA) is 84.3 Å². The minimum absolute atomic E-state index is 0.121. The van der Waals surface area contributed by atoms with Crippen molar-refractivity contribution in [2.24, 2.45) is 5.92 Å². The van der Waals surface area contributed by atoms with Gasteiger partial charge in [0.1, 0.15) is 4.90 Å². The van der Waals surface area contributed by atoms with E-state index < -0.39 is 10.0 Å². The fourth-order valence-corrected chi connectivity index (χ4v) is 5.16. The molecule has 1 amide bonds. The largest absolute Gasteiger partial charge is 0.324 e. The number of aromatic nitrogens is 2. The van der Waals surface area contributed by atoms with Crippen LogP contribution in [-0.4, -0.2) is 41.3 Å². The van der Waals surface area contributed by atoms with Crippen LogP contribution >= 0.6 is 11.6 Å². The highest BCUT2D eigenvalue weighted by molar-refractivity contribution is 7.89. The highest BCUT2D eigenvalue weighted by Gasteiger charge is 2.32. The van der Waals surface area contributed by atoms with E-state index in [4.69, 9.17) is 11.6 Å². The van der Waals surface area contributed by atoms with E-state index in [1.165, 1.54) is 22.8 Å². The highest BCUT2D eigenvalue weighted by atomic mass is 35.5. The van der Waals surface area contributed by atoms with Crippen molar-refractivity contribution < 1.29 is 13.2 Å². The first-order valence-corrected chi connectivity index (χ1v) is 11.4. The van der Waals surface area contributed by atoms with Crippen LogP contribution in [0.2, 0.25) is 5.02 Å². The second-order valence-electron chi connectivity index (χ2n) is 7.11. The third kappa shape index (κ3) is 4.26. The molecule has 1 aliphatic rings. The molecule has 30 heavy (non-hydrogen) atoms. The van der Waals surface area contributed by atoms with Crippen molar-refractivity contribution in [3.05, 3.63) is 72.3 Å². The van der Waals surface area contributed by atoms with E-state index >= 15 is 0 Å². The van der Waals surface area contributed by atoms with Crippen molar-refractivity contribution in [1.82, 2.24) is 13.9 Å². The van der Waals surface area contributed by atoms with Crippen molar-refractivity contribution in [2.75, 3.05) is 18.4 Å². The molecule has 1 aromatic carbocycles. The Balaban J connectivity index is 1.44. The lowest BCUT2D eigenvalue weighted by Gasteiger charge is -2.30. The van der Waals surface area contributed by atoms with Gasteiger partial charge in [0.2, 0.25) is 15.9 Å². The Hall–Kier alpha value is -2.68. The van der Waals surface area contributed by atoms with Gasteiger partial charge in [0.15, 0.2) is 0 Å². The first kappa shape index (κ1) is 20.6. The molecule has 7 nitrogen and oxygen atoms in total. The predicted octanol–water partition coefficient (Wildman–Crippen LogP) is 3.57. The summed E-state index contributed by atoms with van der Waals surface area (Å²) in [5.41, 5.74) is 1.43. The average molecular weight is 445 g/mol.